The van der Waals surface area contributed by atoms with Crippen LogP contribution in [0.5, 0.6) is 0 Å². The summed E-state index contributed by atoms with van der Waals surface area (Å²) in [5, 5.41) is 4.60. The van der Waals surface area contributed by atoms with Gasteiger partial charge in [0.2, 0.25) is 5.69 Å². The molecule has 9 heteroatoms. The molecule has 0 radical (unpaired) electrons. The molecule has 2 aromatic carbocycles. The fourth-order valence-corrected chi connectivity index (χ4v) is 3.67. The quantitative estimate of drug-likeness (QED) is 0.615. The largest absolute Gasteiger partial charge is 0.352 e. The van der Waals surface area contributed by atoms with Crippen molar-refractivity contribution in [3.05, 3.63) is 91.7 Å². The van der Waals surface area contributed by atoms with Gasteiger partial charge in [0.15, 0.2) is 0 Å². The van der Waals surface area contributed by atoms with Gasteiger partial charge in [0.1, 0.15) is 0 Å². The van der Waals surface area contributed by atoms with Crippen molar-refractivity contribution in [3.8, 4) is 5.69 Å². The molecule has 31 heavy (non-hydrogen) atoms. The Labute approximate surface area is 183 Å². The van der Waals surface area contributed by atoms with E-state index in [0.29, 0.717) is 36.9 Å². The molecule has 3 aromatic rings. The summed E-state index contributed by atoms with van der Waals surface area (Å²) in [6.45, 7) is 2.43. The zero-order valence-corrected chi connectivity index (χ0v) is 17.8. The van der Waals surface area contributed by atoms with Crippen molar-refractivity contribution in [2.45, 2.75) is 6.54 Å². The van der Waals surface area contributed by atoms with Crippen LogP contribution >= 0.6 is 11.6 Å². The summed E-state index contributed by atoms with van der Waals surface area (Å²) in [5.41, 5.74) is -0.461. The molecule has 0 aliphatic carbocycles. The summed E-state index contributed by atoms with van der Waals surface area (Å²) in [6, 6.07) is 15.7. The number of aromatic nitrogens is 3. The van der Waals surface area contributed by atoms with Crippen molar-refractivity contribution in [3.63, 3.8) is 0 Å². The van der Waals surface area contributed by atoms with Crippen LogP contribution in [0.1, 0.15) is 16.1 Å². The lowest BCUT2D eigenvalue weighted by Gasteiger charge is -2.32. The van der Waals surface area contributed by atoms with Crippen LogP contribution in [-0.2, 0) is 6.54 Å². The maximum absolute atomic E-state index is 13.2. The molecule has 1 amide bonds. The van der Waals surface area contributed by atoms with Gasteiger partial charge in [-0.3, -0.25) is 14.2 Å². The standard InChI is InChI=1S/C22H22ClN5O3/c1-25-10-12-26(13-11-25)20(29)19-21(30)27(15-16-6-3-2-4-7-16)22(31)28(24-19)18-9-5-8-17(23)14-18/h2-9,14H,10-13,15H2,1H3. The van der Waals surface area contributed by atoms with Gasteiger partial charge in [-0.25, -0.2) is 4.79 Å². The molecule has 1 aliphatic heterocycles. The fraction of sp³-hybridized carbons (Fsp3) is 0.273. The van der Waals surface area contributed by atoms with Crippen LogP contribution < -0.4 is 11.2 Å². The number of piperazine rings is 1. The average Bonchev–Trinajstić information content (AvgIpc) is 2.77. The summed E-state index contributed by atoms with van der Waals surface area (Å²) < 4.78 is 2.12. The normalized spacial score (nSPS) is 14.6. The number of likely N-dealkylation sites (N-methyl/N-ethyl adjacent to an activating group) is 1. The van der Waals surface area contributed by atoms with Crippen molar-refractivity contribution < 1.29 is 4.79 Å². The molecule has 0 saturated carbocycles. The van der Waals surface area contributed by atoms with Crippen molar-refractivity contribution in [2.24, 2.45) is 0 Å². The van der Waals surface area contributed by atoms with Gasteiger partial charge in [0.25, 0.3) is 11.5 Å². The van der Waals surface area contributed by atoms with E-state index in [9.17, 15) is 14.4 Å². The Balaban J connectivity index is 1.85. The van der Waals surface area contributed by atoms with Gasteiger partial charge < -0.3 is 9.80 Å². The van der Waals surface area contributed by atoms with Gasteiger partial charge in [-0.15, -0.1) is 0 Å². The first-order chi connectivity index (χ1) is 14.9. The van der Waals surface area contributed by atoms with Crippen molar-refractivity contribution in [2.75, 3.05) is 33.2 Å². The lowest BCUT2D eigenvalue weighted by Crippen LogP contribution is -2.51. The Morgan fingerprint density at radius 2 is 1.71 bits per heavy atom. The molecule has 0 spiro atoms. The summed E-state index contributed by atoms with van der Waals surface area (Å²) in [5.74, 6) is -0.476. The van der Waals surface area contributed by atoms with Crippen molar-refractivity contribution in [1.29, 1.82) is 0 Å². The van der Waals surface area contributed by atoms with Gasteiger partial charge in [-0.2, -0.15) is 9.78 Å². The van der Waals surface area contributed by atoms with E-state index >= 15 is 0 Å². The number of hydrogen-bond acceptors (Lipinski definition) is 5. The number of benzene rings is 2. The first-order valence-corrected chi connectivity index (χ1v) is 10.3. The third-order valence-corrected chi connectivity index (χ3v) is 5.52. The molecule has 0 atom stereocenters. The molecular formula is C22H22ClN5O3. The number of carbonyl (C=O) groups excluding carboxylic acids is 1. The van der Waals surface area contributed by atoms with Crippen LogP contribution in [0.2, 0.25) is 5.02 Å². The lowest BCUT2D eigenvalue weighted by atomic mass is 10.2. The van der Waals surface area contributed by atoms with E-state index in [2.05, 4.69) is 10.00 Å². The highest BCUT2D eigenvalue weighted by Crippen LogP contribution is 2.13. The molecule has 0 unspecified atom stereocenters. The van der Waals surface area contributed by atoms with Gasteiger partial charge in [-0.05, 0) is 30.8 Å². The Morgan fingerprint density at radius 1 is 1.00 bits per heavy atom. The summed E-state index contributed by atoms with van der Waals surface area (Å²) >= 11 is 6.09. The molecular weight excluding hydrogens is 418 g/mol. The van der Waals surface area contributed by atoms with E-state index < -0.39 is 17.2 Å². The predicted octanol–water partition coefficient (Wildman–Crippen LogP) is 1.48. The average molecular weight is 440 g/mol. The first kappa shape index (κ1) is 21.0. The molecule has 0 bridgehead atoms. The zero-order valence-electron chi connectivity index (χ0n) is 17.1. The van der Waals surface area contributed by atoms with E-state index in [-0.39, 0.29) is 12.2 Å². The Morgan fingerprint density at radius 3 is 2.39 bits per heavy atom. The minimum Gasteiger partial charge on any atom is -0.335 e. The van der Waals surface area contributed by atoms with Gasteiger partial charge in [0, 0.05) is 31.2 Å². The third kappa shape index (κ3) is 4.45. The van der Waals surface area contributed by atoms with E-state index in [1.54, 1.807) is 29.2 Å². The Kier molecular flexibility index (Phi) is 6.01. The molecule has 160 valence electrons. The number of rotatable bonds is 4. The van der Waals surface area contributed by atoms with Crippen LogP contribution in [0.25, 0.3) is 5.69 Å². The van der Waals surface area contributed by atoms with E-state index in [1.165, 1.54) is 0 Å². The van der Waals surface area contributed by atoms with E-state index in [0.717, 1.165) is 14.8 Å². The van der Waals surface area contributed by atoms with Crippen molar-refractivity contribution in [1.82, 2.24) is 24.1 Å². The molecule has 1 fully saturated rings. The van der Waals surface area contributed by atoms with Crippen LogP contribution in [0.4, 0.5) is 0 Å². The minimum atomic E-state index is -0.698. The SMILES string of the molecule is CN1CCN(C(=O)c2nn(-c3cccc(Cl)c3)c(=O)n(Cc3ccccc3)c2=O)CC1. The second-order valence-electron chi connectivity index (χ2n) is 7.50. The maximum Gasteiger partial charge on any atom is 0.352 e. The Bertz CT molecular complexity index is 1210. The second kappa shape index (κ2) is 8.87. The lowest BCUT2D eigenvalue weighted by molar-refractivity contribution is 0.0652. The van der Waals surface area contributed by atoms with Gasteiger partial charge >= 0.3 is 5.69 Å². The number of nitrogens with zero attached hydrogens (tertiary/aromatic N) is 5. The van der Waals surface area contributed by atoms with Crippen LogP contribution in [-0.4, -0.2) is 63.3 Å². The van der Waals surface area contributed by atoms with Crippen LogP contribution in [0.3, 0.4) is 0 Å². The molecule has 4 rings (SSSR count). The minimum absolute atomic E-state index is 0.0324. The number of hydrogen-bond donors (Lipinski definition) is 0. The second-order valence-corrected chi connectivity index (χ2v) is 7.93. The highest BCUT2D eigenvalue weighted by atomic mass is 35.5. The topological polar surface area (TPSA) is 80.4 Å². The smallest absolute Gasteiger partial charge is 0.335 e. The van der Waals surface area contributed by atoms with Gasteiger partial charge in [0.05, 0.1) is 12.2 Å². The number of carbonyl (C=O) groups is 1. The maximum atomic E-state index is 13.2. The van der Waals surface area contributed by atoms with Gasteiger partial charge in [-0.1, -0.05) is 48.0 Å². The number of halogens is 1. The highest BCUT2D eigenvalue weighted by molar-refractivity contribution is 6.30. The molecule has 0 N–H and O–H groups in total. The molecule has 1 saturated heterocycles. The summed E-state index contributed by atoms with van der Waals surface area (Å²) in [4.78, 5) is 43.3. The Hall–Kier alpha value is -3.23. The number of amides is 1. The zero-order chi connectivity index (χ0) is 22.0. The van der Waals surface area contributed by atoms with Crippen molar-refractivity contribution >= 4 is 17.5 Å². The third-order valence-electron chi connectivity index (χ3n) is 5.29. The molecule has 8 nitrogen and oxygen atoms in total. The van der Waals surface area contributed by atoms with Crippen LogP contribution in [0, 0.1) is 0 Å². The molecule has 2 heterocycles. The van der Waals surface area contributed by atoms with Crippen LogP contribution in [0.15, 0.2) is 64.2 Å². The first-order valence-electron chi connectivity index (χ1n) is 9.96. The fourth-order valence-electron chi connectivity index (χ4n) is 3.49. The molecule has 1 aliphatic rings. The summed E-state index contributed by atoms with van der Waals surface area (Å²) in [7, 11) is 1.98. The monoisotopic (exact) mass is 439 g/mol. The molecule has 1 aromatic heterocycles. The van der Waals surface area contributed by atoms with E-state index in [4.69, 9.17) is 11.6 Å². The highest BCUT2D eigenvalue weighted by Gasteiger charge is 2.27. The predicted molar refractivity (Wildman–Crippen MR) is 118 cm³/mol. The summed E-state index contributed by atoms with van der Waals surface area (Å²) in [6.07, 6.45) is 0. The van der Waals surface area contributed by atoms with E-state index in [1.807, 2.05) is 37.4 Å².